The van der Waals surface area contributed by atoms with Crippen LogP contribution in [-0.2, 0) is 16.9 Å². The van der Waals surface area contributed by atoms with Crippen molar-refractivity contribution in [1.29, 1.82) is 0 Å². The van der Waals surface area contributed by atoms with Gasteiger partial charge in [-0.1, -0.05) is 60.7 Å². The van der Waals surface area contributed by atoms with Crippen LogP contribution in [0.4, 0.5) is 21.7 Å². The molecule has 9 heteroatoms. The molecular formula is C27H22FN5O2S. The van der Waals surface area contributed by atoms with Gasteiger partial charge in [-0.3, -0.25) is 0 Å². The van der Waals surface area contributed by atoms with Crippen LogP contribution in [0.15, 0.2) is 101 Å². The molecule has 5 aromatic rings. The van der Waals surface area contributed by atoms with Gasteiger partial charge in [0.25, 0.3) is 0 Å². The molecule has 36 heavy (non-hydrogen) atoms. The van der Waals surface area contributed by atoms with E-state index in [4.69, 9.17) is 4.99 Å². The number of anilines is 2. The number of benzene rings is 3. The van der Waals surface area contributed by atoms with Crippen LogP contribution in [0, 0.1) is 5.82 Å². The lowest BCUT2D eigenvalue weighted by Gasteiger charge is -2.11. The van der Waals surface area contributed by atoms with Crippen LogP contribution in [0.5, 0.6) is 0 Å². The number of halogens is 1. The zero-order valence-corrected chi connectivity index (χ0v) is 20.4. The van der Waals surface area contributed by atoms with Gasteiger partial charge in [-0.2, -0.15) is 0 Å². The Morgan fingerprint density at radius 3 is 2.17 bits per heavy atom. The Morgan fingerprint density at radius 2 is 1.58 bits per heavy atom. The van der Waals surface area contributed by atoms with Crippen LogP contribution < -0.4 is 5.32 Å². The molecule has 1 N–H and O–H groups in total. The number of nitrogens with one attached hydrogen (secondary N) is 1. The molecular weight excluding hydrogens is 477 g/mol. The highest BCUT2D eigenvalue weighted by atomic mass is 32.2. The van der Waals surface area contributed by atoms with Gasteiger partial charge in [0.2, 0.25) is 0 Å². The summed E-state index contributed by atoms with van der Waals surface area (Å²) in [6.45, 7) is 0. The molecule has 0 aliphatic rings. The number of hydrogen-bond donors (Lipinski definition) is 1. The number of aromatic nitrogens is 3. The van der Waals surface area contributed by atoms with E-state index in [1.54, 1.807) is 12.4 Å². The molecule has 2 heterocycles. The van der Waals surface area contributed by atoms with Crippen LogP contribution >= 0.6 is 0 Å². The van der Waals surface area contributed by atoms with Gasteiger partial charge >= 0.3 is 0 Å². The summed E-state index contributed by atoms with van der Waals surface area (Å²) in [5.74, 6) is 0.00642. The summed E-state index contributed by atoms with van der Waals surface area (Å²) in [5, 5.41) is 2.96. The fourth-order valence-electron chi connectivity index (χ4n) is 3.81. The van der Waals surface area contributed by atoms with Gasteiger partial charge < -0.3 is 9.88 Å². The SMILES string of the molecule is Cn1cnc2c(N=C(c3ccccc3)c3ccccc3)nc(Nc3ccc(S(C)(=O)=O)cc3F)cc21. The Bertz CT molecular complexity index is 1660. The van der Waals surface area contributed by atoms with Crippen LogP contribution in [0.25, 0.3) is 11.0 Å². The third kappa shape index (κ3) is 4.73. The summed E-state index contributed by atoms with van der Waals surface area (Å²) in [5.41, 5.74) is 3.99. The highest BCUT2D eigenvalue weighted by molar-refractivity contribution is 7.90. The molecule has 0 saturated carbocycles. The summed E-state index contributed by atoms with van der Waals surface area (Å²) in [7, 11) is -1.68. The number of fused-ring (bicyclic) bond motifs is 1. The van der Waals surface area contributed by atoms with Gasteiger partial charge in [-0.05, 0) is 18.2 Å². The molecule has 0 aliphatic heterocycles. The minimum absolute atomic E-state index is 0.0951. The number of imidazole rings is 1. The van der Waals surface area contributed by atoms with Crippen molar-refractivity contribution in [2.75, 3.05) is 11.6 Å². The number of hydrogen-bond acceptors (Lipinski definition) is 6. The van der Waals surface area contributed by atoms with Crippen molar-refractivity contribution in [3.63, 3.8) is 0 Å². The minimum atomic E-state index is -3.53. The molecule has 0 amide bonds. The standard InChI is InChI=1S/C27H22FN5O2S/c1-33-17-29-26-23(33)16-24(30-22-14-13-20(15-21(22)28)36(2,34)35)31-27(26)32-25(18-9-5-3-6-10-18)19-11-7-4-8-12-19/h3-17H,1-2H3,(H,30,31). The normalized spacial score (nSPS) is 11.4. The number of pyridine rings is 1. The van der Waals surface area contributed by atoms with Gasteiger partial charge in [-0.25, -0.2) is 27.8 Å². The smallest absolute Gasteiger partial charge is 0.183 e. The Balaban J connectivity index is 1.64. The average molecular weight is 500 g/mol. The molecule has 0 fully saturated rings. The maximum atomic E-state index is 14.8. The summed E-state index contributed by atoms with van der Waals surface area (Å²) in [4.78, 5) is 14.0. The first kappa shape index (κ1) is 23.4. The van der Waals surface area contributed by atoms with Gasteiger partial charge in [0.1, 0.15) is 17.2 Å². The lowest BCUT2D eigenvalue weighted by molar-refractivity contribution is 0.596. The van der Waals surface area contributed by atoms with Crippen molar-refractivity contribution in [2.45, 2.75) is 4.90 Å². The fourth-order valence-corrected chi connectivity index (χ4v) is 4.45. The largest absolute Gasteiger partial charge is 0.338 e. The van der Waals surface area contributed by atoms with Gasteiger partial charge in [0.05, 0.1) is 28.1 Å². The first-order valence-corrected chi connectivity index (χ1v) is 13.0. The third-order valence-electron chi connectivity index (χ3n) is 5.64. The Kier molecular flexibility index (Phi) is 6.07. The first-order chi connectivity index (χ1) is 17.3. The van der Waals surface area contributed by atoms with E-state index in [1.165, 1.54) is 12.1 Å². The molecule has 0 aliphatic carbocycles. The van der Waals surface area contributed by atoms with E-state index in [0.717, 1.165) is 34.7 Å². The quantitative estimate of drug-likeness (QED) is 0.315. The highest BCUT2D eigenvalue weighted by Crippen LogP contribution is 2.30. The van der Waals surface area contributed by atoms with E-state index in [-0.39, 0.29) is 10.6 Å². The van der Waals surface area contributed by atoms with Crippen molar-refractivity contribution in [2.24, 2.45) is 12.0 Å². The van der Waals surface area contributed by atoms with Crippen LogP contribution in [0.3, 0.4) is 0 Å². The minimum Gasteiger partial charge on any atom is -0.338 e. The van der Waals surface area contributed by atoms with E-state index in [1.807, 2.05) is 72.3 Å². The molecule has 0 atom stereocenters. The Labute approximate surface area is 207 Å². The molecule has 180 valence electrons. The maximum Gasteiger partial charge on any atom is 0.183 e. The molecule has 0 spiro atoms. The summed E-state index contributed by atoms with van der Waals surface area (Å²) in [6, 6.07) is 25.0. The molecule has 0 saturated heterocycles. The van der Waals surface area contributed by atoms with E-state index < -0.39 is 15.7 Å². The topological polar surface area (TPSA) is 89.2 Å². The molecule has 3 aromatic carbocycles. The number of sulfone groups is 1. The van der Waals surface area contributed by atoms with Crippen molar-refractivity contribution >= 4 is 43.9 Å². The summed E-state index contributed by atoms with van der Waals surface area (Å²) < 4.78 is 40.1. The zero-order chi connectivity index (χ0) is 25.3. The number of rotatable bonds is 6. The second-order valence-electron chi connectivity index (χ2n) is 8.29. The molecule has 7 nitrogen and oxygen atoms in total. The highest BCUT2D eigenvalue weighted by Gasteiger charge is 2.16. The number of aliphatic imine (C=N–C) groups is 1. The molecule has 0 bridgehead atoms. The van der Waals surface area contributed by atoms with Gasteiger partial charge in [0, 0.05) is 30.5 Å². The van der Waals surface area contributed by atoms with E-state index in [2.05, 4.69) is 15.3 Å². The van der Waals surface area contributed by atoms with Gasteiger partial charge in [-0.15, -0.1) is 0 Å². The average Bonchev–Trinajstić information content (AvgIpc) is 3.25. The number of aryl methyl sites for hydroxylation is 1. The second kappa shape index (κ2) is 9.35. The molecule has 2 aromatic heterocycles. The summed E-state index contributed by atoms with van der Waals surface area (Å²) >= 11 is 0. The molecule has 5 rings (SSSR count). The lowest BCUT2D eigenvalue weighted by Crippen LogP contribution is -2.04. The second-order valence-corrected chi connectivity index (χ2v) is 10.3. The van der Waals surface area contributed by atoms with Crippen LogP contribution in [-0.4, -0.2) is 34.9 Å². The molecule has 0 unspecified atom stereocenters. The van der Waals surface area contributed by atoms with Crippen molar-refractivity contribution in [3.8, 4) is 0 Å². The number of nitrogens with zero attached hydrogens (tertiary/aromatic N) is 4. The van der Waals surface area contributed by atoms with Crippen molar-refractivity contribution < 1.29 is 12.8 Å². The Morgan fingerprint density at radius 1 is 0.944 bits per heavy atom. The maximum absolute atomic E-state index is 14.8. The predicted molar refractivity (Wildman–Crippen MR) is 139 cm³/mol. The van der Waals surface area contributed by atoms with Gasteiger partial charge in [0.15, 0.2) is 15.7 Å². The summed E-state index contributed by atoms with van der Waals surface area (Å²) in [6.07, 6.45) is 2.70. The van der Waals surface area contributed by atoms with E-state index in [9.17, 15) is 12.8 Å². The zero-order valence-electron chi connectivity index (χ0n) is 19.6. The Hall–Kier alpha value is -4.37. The molecule has 0 radical (unpaired) electrons. The third-order valence-corrected chi connectivity index (χ3v) is 6.75. The first-order valence-electron chi connectivity index (χ1n) is 11.1. The van der Waals surface area contributed by atoms with E-state index in [0.29, 0.717) is 17.2 Å². The van der Waals surface area contributed by atoms with Crippen LogP contribution in [0.1, 0.15) is 11.1 Å². The lowest BCUT2D eigenvalue weighted by atomic mass is 10.0. The monoisotopic (exact) mass is 499 g/mol. The van der Waals surface area contributed by atoms with Crippen molar-refractivity contribution in [1.82, 2.24) is 14.5 Å². The van der Waals surface area contributed by atoms with Crippen LogP contribution in [0.2, 0.25) is 0 Å². The fraction of sp³-hybridized carbons (Fsp3) is 0.0741. The van der Waals surface area contributed by atoms with E-state index >= 15 is 0 Å². The van der Waals surface area contributed by atoms with Crippen molar-refractivity contribution in [3.05, 3.63) is 108 Å². The predicted octanol–water partition coefficient (Wildman–Crippen LogP) is 5.42.